The molecule has 3 saturated carbocycles. The van der Waals surface area contributed by atoms with Crippen LogP contribution in [-0.2, 0) is 9.53 Å². The van der Waals surface area contributed by atoms with Gasteiger partial charge in [0.2, 0.25) is 0 Å². The molecule has 0 saturated heterocycles. The van der Waals surface area contributed by atoms with Gasteiger partial charge in [-0.1, -0.05) is 86.8 Å². The van der Waals surface area contributed by atoms with E-state index >= 15 is 0 Å². The van der Waals surface area contributed by atoms with Crippen molar-refractivity contribution in [2.24, 2.45) is 52.3 Å². The summed E-state index contributed by atoms with van der Waals surface area (Å²) in [5.74, 6) is 5.24. The molecule has 4 aliphatic carbocycles. The number of hydrogen-bond acceptors (Lipinski definition) is 2. The number of ether oxygens (including phenoxy) is 1. The molecule has 4 rings (SSSR count). The van der Waals surface area contributed by atoms with Crippen molar-refractivity contribution in [1.29, 1.82) is 0 Å². The van der Waals surface area contributed by atoms with E-state index in [1.54, 1.807) is 5.57 Å². The van der Waals surface area contributed by atoms with Gasteiger partial charge in [0.05, 0.1) is 5.92 Å². The van der Waals surface area contributed by atoms with Gasteiger partial charge in [0.1, 0.15) is 6.10 Å². The first kappa shape index (κ1) is 27.8. The Kier molecular flexibility index (Phi) is 8.73. The molecule has 0 aromatic rings. The molecule has 34 heavy (non-hydrogen) atoms. The van der Waals surface area contributed by atoms with E-state index in [-0.39, 0.29) is 25.4 Å². The van der Waals surface area contributed by atoms with Gasteiger partial charge < -0.3 is 4.74 Å². The number of allylic oxidation sites excluding steroid dienone is 1. The number of carbonyl (C=O) groups is 1. The number of fused-ring (bicyclic) bond motifs is 5. The van der Waals surface area contributed by atoms with E-state index in [0.717, 1.165) is 48.3 Å². The maximum Gasteiger partial charge on any atom is 0.308 e. The van der Waals surface area contributed by atoms with Crippen LogP contribution in [0.15, 0.2) is 11.6 Å². The average Bonchev–Trinajstić information content (AvgIpc) is 3.11. The minimum atomic E-state index is -0.0258. The zero-order valence-corrected chi connectivity index (χ0v) is 22.8. The lowest BCUT2D eigenvalue weighted by molar-refractivity contribution is -0.155. The van der Waals surface area contributed by atoms with Crippen LogP contribution in [0, 0.1) is 52.3 Å². The molecule has 2 heteroatoms. The van der Waals surface area contributed by atoms with Crippen molar-refractivity contribution < 1.29 is 9.53 Å². The summed E-state index contributed by atoms with van der Waals surface area (Å²) in [5, 5.41) is 0. The molecule has 0 radical (unpaired) electrons. The molecule has 4 aliphatic rings. The van der Waals surface area contributed by atoms with Crippen molar-refractivity contribution in [3.8, 4) is 0 Å². The van der Waals surface area contributed by atoms with Gasteiger partial charge in [-0.2, -0.15) is 0 Å². The van der Waals surface area contributed by atoms with E-state index in [9.17, 15) is 4.79 Å². The Morgan fingerprint density at radius 3 is 2.41 bits per heavy atom. The maximum absolute atomic E-state index is 12.2. The highest BCUT2D eigenvalue weighted by Crippen LogP contribution is 2.67. The Balaban J connectivity index is 0.00000324. The molecular weight excluding hydrogens is 416 g/mol. The van der Waals surface area contributed by atoms with E-state index < -0.39 is 0 Å². The van der Waals surface area contributed by atoms with Crippen LogP contribution < -0.4 is 0 Å². The molecule has 0 N–H and O–H groups in total. The van der Waals surface area contributed by atoms with Crippen molar-refractivity contribution in [3.05, 3.63) is 11.6 Å². The number of esters is 1. The van der Waals surface area contributed by atoms with Crippen molar-refractivity contribution in [2.45, 2.75) is 133 Å². The lowest BCUT2D eigenvalue weighted by atomic mass is 9.47. The summed E-state index contributed by atoms with van der Waals surface area (Å²) in [6.45, 7) is 16.5. The molecule has 2 nitrogen and oxygen atoms in total. The van der Waals surface area contributed by atoms with Gasteiger partial charge in [-0.15, -0.1) is 0 Å². The highest BCUT2D eigenvalue weighted by Gasteiger charge is 2.59. The highest BCUT2D eigenvalue weighted by molar-refractivity contribution is 5.71. The largest absolute Gasteiger partial charge is 0.462 e. The summed E-state index contributed by atoms with van der Waals surface area (Å²) >= 11 is 0. The van der Waals surface area contributed by atoms with Crippen LogP contribution in [0.3, 0.4) is 0 Å². The third-order valence-electron chi connectivity index (χ3n) is 11.0. The van der Waals surface area contributed by atoms with Crippen LogP contribution in [0.2, 0.25) is 0 Å². The van der Waals surface area contributed by atoms with E-state index in [1.807, 2.05) is 13.8 Å². The first-order valence-corrected chi connectivity index (χ1v) is 14.5. The van der Waals surface area contributed by atoms with Crippen molar-refractivity contribution in [1.82, 2.24) is 0 Å². The fourth-order valence-electron chi connectivity index (χ4n) is 9.05. The second-order valence-electron chi connectivity index (χ2n) is 13.7. The third kappa shape index (κ3) is 5.04. The fraction of sp³-hybridized carbons (Fsp3) is 0.906. The number of carbonyl (C=O) groups excluding carboxylic acids is 1. The molecule has 8 unspecified atom stereocenters. The zero-order chi connectivity index (χ0) is 24.0. The molecule has 0 aromatic carbocycles. The van der Waals surface area contributed by atoms with Crippen LogP contribution in [0.4, 0.5) is 0 Å². The summed E-state index contributed by atoms with van der Waals surface area (Å²) in [7, 11) is 0. The Morgan fingerprint density at radius 1 is 1.00 bits per heavy atom. The quantitative estimate of drug-likeness (QED) is 0.272. The van der Waals surface area contributed by atoms with Crippen LogP contribution in [0.1, 0.15) is 127 Å². The fourth-order valence-corrected chi connectivity index (χ4v) is 9.05. The zero-order valence-electron chi connectivity index (χ0n) is 22.8. The molecule has 8 atom stereocenters. The molecule has 3 fully saturated rings. The molecule has 0 aromatic heterocycles. The lowest BCUT2D eigenvalue weighted by Gasteiger charge is -2.58. The number of hydrogen-bond donors (Lipinski definition) is 0. The smallest absolute Gasteiger partial charge is 0.308 e. The molecular formula is C32H56O2. The Labute approximate surface area is 212 Å². The summed E-state index contributed by atoms with van der Waals surface area (Å²) in [4.78, 5) is 12.2. The minimum Gasteiger partial charge on any atom is -0.462 e. The predicted octanol–water partition coefficient (Wildman–Crippen LogP) is 9.23. The van der Waals surface area contributed by atoms with Crippen molar-refractivity contribution >= 4 is 5.97 Å². The third-order valence-corrected chi connectivity index (χ3v) is 11.0. The van der Waals surface area contributed by atoms with Gasteiger partial charge in [0.15, 0.2) is 0 Å². The number of rotatable bonds is 7. The molecule has 196 valence electrons. The van der Waals surface area contributed by atoms with Gasteiger partial charge in [0, 0.05) is 6.42 Å². The lowest BCUT2D eigenvalue weighted by Crippen LogP contribution is -2.51. The van der Waals surface area contributed by atoms with Gasteiger partial charge in [-0.05, 0) is 91.3 Å². The summed E-state index contributed by atoms with van der Waals surface area (Å²) in [6, 6.07) is 0. The first-order valence-electron chi connectivity index (χ1n) is 14.5. The summed E-state index contributed by atoms with van der Waals surface area (Å²) in [6.07, 6.45) is 17.2. The Morgan fingerprint density at radius 2 is 1.74 bits per heavy atom. The molecule has 0 amide bonds. The second-order valence-corrected chi connectivity index (χ2v) is 13.7. The standard InChI is InChI=1S/C31H52O2.CH4/c1-20(2)9-8-10-22(5)26-13-14-27-25-12-11-23-19-24(33-29(32)21(3)4)15-17-30(23,6)28(25)16-18-31(26,27)7;/h11,20-22,24-28H,8-10,12-19H2,1-7H3;1H4. The van der Waals surface area contributed by atoms with Gasteiger partial charge >= 0.3 is 5.97 Å². The SMILES string of the molecule is C.CC(C)CCCC(C)C1CCC2C3CC=C4CC(OC(=O)C(C)C)CCC4(C)C3CCC12C. The van der Waals surface area contributed by atoms with Crippen LogP contribution in [0.5, 0.6) is 0 Å². The van der Waals surface area contributed by atoms with E-state index in [0.29, 0.717) is 10.8 Å². The summed E-state index contributed by atoms with van der Waals surface area (Å²) < 4.78 is 5.88. The first-order chi connectivity index (χ1) is 15.6. The van der Waals surface area contributed by atoms with Gasteiger partial charge in [-0.3, -0.25) is 4.79 Å². The normalized spacial score (nSPS) is 40.0. The maximum atomic E-state index is 12.2. The molecule has 0 bridgehead atoms. The minimum absolute atomic E-state index is 0. The average molecular weight is 473 g/mol. The predicted molar refractivity (Wildman–Crippen MR) is 144 cm³/mol. The van der Waals surface area contributed by atoms with Crippen LogP contribution >= 0.6 is 0 Å². The van der Waals surface area contributed by atoms with Crippen LogP contribution in [0.25, 0.3) is 0 Å². The topological polar surface area (TPSA) is 26.3 Å². The van der Waals surface area contributed by atoms with Crippen molar-refractivity contribution in [3.63, 3.8) is 0 Å². The molecule has 0 spiro atoms. The Hall–Kier alpha value is -0.790. The summed E-state index contributed by atoms with van der Waals surface area (Å²) in [5.41, 5.74) is 2.52. The van der Waals surface area contributed by atoms with Gasteiger partial charge in [-0.25, -0.2) is 0 Å². The van der Waals surface area contributed by atoms with E-state index in [4.69, 9.17) is 4.74 Å². The molecule has 0 heterocycles. The van der Waals surface area contributed by atoms with Gasteiger partial charge in [0.25, 0.3) is 0 Å². The molecule has 0 aliphatic heterocycles. The van der Waals surface area contributed by atoms with Crippen molar-refractivity contribution in [2.75, 3.05) is 0 Å². The Bertz CT molecular complexity index is 735. The van der Waals surface area contributed by atoms with Crippen LogP contribution in [-0.4, -0.2) is 12.1 Å². The monoisotopic (exact) mass is 472 g/mol. The highest BCUT2D eigenvalue weighted by atomic mass is 16.5. The van der Waals surface area contributed by atoms with E-state index in [1.165, 1.54) is 57.8 Å². The van der Waals surface area contributed by atoms with E-state index in [2.05, 4.69) is 40.7 Å². The second kappa shape index (κ2) is 10.7.